The number of aromatic nitrogens is 6. The van der Waals surface area contributed by atoms with Gasteiger partial charge in [0.1, 0.15) is 10.8 Å². The topological polar surface area (TPSA) is 90.1 Å². The predicted octanol–water partition coefficient (Wildman–Crippen LogP) is 3.77. The Kier molecular flexibility index (Phi) is 5.24. The molecule has 0 spiro atoms. The number of ether oxygens (including phenoxy) is 1. The van der Waals surface area contributed by atoms with E-state index in [4.69, 9.17) is 4.74 Å². The fourth-order valence-electron chi connectivity index (χ4n) is 2.34. The van der Waals surface area contributed by atoms with Gasteiger partial charge >= 0.3 is 6.18 Å². The van der Waals surface area contributed by atoms with Crippen molar-refractivity contribution < 1.29 is 17.9 Å². The third kappa shape index (κ3) is 4.40. The second-order valence-electron chi connectivity index (χ2n) is 5.64. The van der Waals surface area contributed by atoms with Gasteiger partial charge in [-0.3, -0.25) is 0 Å². The second-order valence-corrected chi connectivity index (χ2v) is 7.88. The first-order chi connectivity index (χ1) is 13.9. The summed E-state index contributed by atoms with van der Waals surface area (Å²) in [6.07, 6.45) is -4.64. The Morgan fingerprint density at radius 1 is 1.07 bits per heavy atom. The average molecular weight is 439 g/mol. The van der Waals surface area contributed by atoms with Crippen molar-refractivity contribution in [1.82, 2.24) is 30.0 Å². The molecular weight excluding hydrogens is 427 g/mol. The van der Waals surface area contributed by atoms with Crippen LogP contribution < -0.4 is 10.1 Å². The number of benzene rings is 1. The summed E-state index contributed by atoms with van der Waals surface area (Å²) in [6, 6.07) is 10.6. The van der Waals surface area contributed by atoms with Gasteiger partial charge in [0.2, 0.25) is 5.13 Å². The van der Waals surface area contributed by atoms with Gasteiger partial charge in [-0.1, -0.05) is 23.5 Å². The maximum atomic E-state index is 13.0. The quantitative estimate of drug-likeness (QED) is 0.486. The summed E-state index contributed by atoms with van der Waals surface area (Å²) >= 11 is 2.38. The summed E-state index contributed by atoms with van der Waals surface area (Å²) in [5.41, 5.74) is 1.05. The van der Waals surface area contributed by atoms with Crippen molar-refractivity contribution in [2.45, 2.75) is 22.1 Å². The molecule has 1 N–H and O–H groups in total. The molecule has 13 heteroatoms. The summed E-state index contributed by atoms with van der Waals surface area (Å²) in [4.78, 5) is 0. The maximum absolute atomic E-state index is 13.0. The predicted molar refractivity (Wildman–Crippen MR) is 100 cm³/mol. The van der Waals surface area contributed by atoms with Crippen LogP contribution in [0.5, 0.6) is 5.75 Å². The summed E-state index contributed by atoms with van der Waals surface area (Å²) in [7, 11) is 1.60. The van der Waals surface area contributed by atoms with Crippen molar-refractivity contribution in [1.29, 1.82) is 0 Å². The number of nitrogens with one attached hydrogen (secondary N) is 1. The van der Waals surface area contributed by atoms with Crippen molar-refractivity contribution >= 4 is 33.9 Å². The lowest BCUT2D eigenvalue weighted by Gasteiger charge is -2.04. The molecule has 0 radical (unpaired) electrons. The van der Waals surface area contributed by atoms with Crippen LogP contribution in [0.3, 0.4) is 0 Å². The van der Waals surface area contributed by atoms with Crippen LogP contribution >= 0.6 is 23.1 Å². The molecule has 0 aliphatic heterocycles. The summed E-state index contributed by atoms with van der Waals surface area (Å²) < 4.78 is 45.3. The Labute approximate surface area is 170 Å². The molecular formula is C16H12F3N7OS2. The molecule has 0 aliphatic carbocycles. The van der Waals surface area contributed by atoms with Gasteiger partial charge in [0.25, 0.3) is 5.82 Å². The van der Waals surface area contributed by atoms with Crippen molar-refractivity contribution in [3.05, 3.63) is 47.8 Å². The lowest BCUT2D eigenvalue weighted by molar-refractivity contribution is -0.146. The fraction of sp³-hybridized carbons (Fsp3) is 0.188. The summed E-state index contributed by atoms with van der Waals surface area (Å²) in [5, 5.41) is 22.7. The van der Waals surface area contributed by atoms with Crippen molar-refractivity contribution in [2.75, 3.05) is 12.4 Å². The first-order valence-corrected chi connectivity index (χ1v) is 9.73. The highest BCUT2D eigenvalue weighted by Crippen LogP contribution is 2.32. The molecule has 150 valence electrons. The van der Waals surface area contributed by atoms with E-state index in [1.165, 1.54) is 17.4 Å². The van der Waals surface area contributed by atoms with Crippen molar-refractivity contribution in [3.63, 3.8) is 0 Å². The van der Waals surface area contributed by atoms with E-state index in [-0.39, 0.29) is 5.65 Å². The van der Waals surface area contributed by atoms with E-state index in [0.717, 1.165) is 23.1 Å². The Hall–Kier alpha value is -2.93. The van der Waals surface area contributed by atoms with Crippen molar-refractivity contribution in [3.8, 4) is 5.75 Å². The number of halogens is 3. The molecule has 4 aromatic rings. The minimum atomic E-state index is -4.64. The zero-order valence-corrected chi connectivity index (χ0v) is 16.3. The molecule has 8 nitrogen and oxygen atoms in total. The van der Waals surface area contributed by atoms with Gasteiger partial charge in [0.15, 0.2) is 9.99 Å². The van der Waals surface area contributed by atoms with E-state index in [1.807, 2.05) is 24.3 Å². The zero-order valence-electron chi connectivity index (χ0n) is 14.7. The molecule has 0 bridgehead atoms. The Bertz CT molecular complexity index is 1130. The first-order valence-electron chi connectivity index (χ1n) is 8.10. The maximum Gasteiger partial charge on any atom is 0.453 e. The van der Waals surface area contributed by atoms with Crippen LogP contribution in [0.4, 0.5) is 18.3 Å². The van der Waals surface area contributed by atoms with Crippen LogP contribution in [0, 0.1) is 0 Å². The number of anilines is 1. The highest BCUT2D eigenvalue weighted by molar-refractivity contribution is 8.01. The number of fused-ring (bicyclic) bond motifs is 1. The van der Waals surface area contributed by atoms with Gasteiger partial charge in [0.05, 0.1) is 7.11 Å². The molecule has 0 saturated heterocycles. The molecule has 3 heterocycles. The third-order valence-electron chi connectivity index (χ3n) is 3.69. The van der Waals surface area contributed by atoms with Gasteiger partial charge in [0, 0.05) is 6.54 Å². The minimum Gasteiger partial charge on any atom is -0.497 e. The van der Waals surface area contributed by atoms with Crippen LogP contribution in [0.15, 0.2) is 45.8 Å². The largest absolute Gasteiger partial charge is 0.497 e. The van der Waals surface area contributed by atoms with Crippen LogP contribution in [0.2, 0.25) is 0 Å². The second kappa shape index (κ2) is 7.83. The van der Waals surface area contributed by atoms with E-state index >= 15 is 0 Å². The molecule has 3 aromatic heterocycles. The molecule has 0 atom stereocenters. The number of hydrogen-bond donors (Lipinski definition) is 1. The summed E-state index contributed by atoms with van der Waals surface area (Å²) in [6.45, 7) is 0.545. The van der Waals surface area contributed by atoms with E-state index in [0.29, 0.717) is 25.6 Å². The minimum absolute atomic E-state index is 0.0146. The summed E-state index contributed by atoms with van der Waals surface area (Å²) in [5.74, 6) is -0.399. The Balaban J connectivity index is 1.44. The van der Waals surface area contributed by atoms with Gasteiger partial charge in [-0.15, -0.1) is 20.4 Å². The van der Waals surface area contributed by atoms with E-state index in [9.17, 15) is 13.2 Å². The van der Waals surface area contributed by atoms with Crippen LogP contribution in [0.25, 0.3) is 5.65 Å². The van der Waals surface area contributed by atoms with Crippen molar-refractivity contribution in [2.24, 2.45) is 0 Å². The van der Waals surface area contributed by atoms with Gasteiger partial charge in [-0.2, -0.15) is 22.8 Å². The number of alkyl halides is 3. The number of rotatable bonds is 6. The molecule has 0 aliphatic rings. The highest BCUT2D eigenvalue weighted by Gasteiger charge is 2.37. The van der Waals surface area contributed by atoms with Crippen LogP contribution in [0.1, 0.15) is 11.4 Å². The number of methoxy groups -OCH3 is 1. The Morgan fingerprint density at radius 3 is 2.59 bits per heavy atom. The van der Waals surface area contributed by atoms with Crippen LogP contribution in [-0.4, -0.2) is 37.1 Å². The zero-order chi connectivity index (χ0) is 20.4. The van der Waals surface area contributed by atoms with Gasteiger partial charge in [-0.25, -0.2) is 0 Å². The average Bonchev–Trinajstić information content (AvgIpc) is 3.33. The highest BCUT2D eigenvalue weighted by atomic mass is 32.2. The van der Waals surface area contributed by atoms with Gasteiger partial charge < -0.3 is 10.1 Å². The molecule has 0 unspecified atom stereocenters. The molecule has 4 rings (SSSR count). The lowest BCUT2D eigenvalue weighted by Crippen LogP contribution is -2.12. The van der Waals surface area contributed by atoms with Gasteiger partial charge in [-0.05, 0) is 41.6 Å². The Morgan fingerprint density at radius 2 is 1.86 bits per heavy atom. The molecule has 0 fully saturated rings. The van der Waals surface area contributed by atoms with E-state index in [2.05, 4.69) is 30.8 Å². The van der Waals surface area contributed by atoms with E-state index in [1.54, 1.807) is 13.2 Å². The standard InChI is InChI=1S/C16H12F3N7OS2/c1-27-10-4-2-9(3-5-10)8-20-14-23-24-15(29-14)28-12-7-6-11-21-22-13(16(17,18)19)26(11)25-12/h2-7H,8H2,1H3,(H,20,23). The normalized spacial score (nSPS) is 11.7. The number of hydrogen-bond acceptors (Lipinski definition) is 9. The third-order valence-corrected chi connectivity index (χ3v) is 5.55. The van der Waals surface area contributed by atoms with E-state index < -0.39 is 12.0 Å². The first kappa shape index (κ1) is 19.4. The molecule has 0 amide bonds. The fourth-order valence-corrected chi connectivity index (χ4v) is 3.99. The molecule has 1 aromatic carbocycles. The number of nitrogens with zero attached hydrogens (tertiary/aromatic N) is 6. The lowest BCUT2D eigenvalue weighted by atomic mass is 10.2. The monoisotopic (exact) mass is 439 g/mol. The smallest absolute Gasteiger partial charge is 0.453 e. The SMILES string of the molecule is COc1ccc(CNc2nnc(Sc3ccc4nnc(C(F)(F)F)n4n3)s2)cc1. The molecule has 29 heavy (non-hydrogen) atoms. The molecule has 0 saturated carbocycles. The van der Waals surface area contributed by atoms with Crippen LogP contribution in [-0.2, 0) is 12.7 Å².